The highest BCUT2D eigenvalue weighted by molar-refractivity contribution is 7.15. The van der Waals surface area contributed by atoms with E-state index in [1.165, 1.54) is 11.3 Å². The van der Waals surface area contributed by atoms with Gasteiger partial charge in [0, 0.05) is 23.8 Å². The molecule has 5 N–H and O–H groups in total. The zero-order chi connectivity index (χ0) is 24.0. The summed E-state index contributed by atoms with van der Waals surface area (Å²) in [4.78, 5) is 31.2. The molecule has 2 amide bonds. The van der Waals surface area contributed by atoms with Crippen molar-refractivity contribution in [2.24, 2.45) is 17.4 Å². The minimum Gasteiger partial charge on any atom is -0.368 e. The lowest BCUT2D eigenvalue weighted by Crippen LogP contribution is -2.65. The minimum absolute atomic E-state index is 0.169. The summed E-state index contributed by atoms with van der Waals surface area (Å²) in [6.07, 6.45) is 0.894. The number of thiazole rings is 1. The van der Waals surface area contributed by atoms with E-state index in [-0.39, 0.29) is 25.3 Å². The molecule has 0 aliphatic rings. The molecule has 0 aliphatic heterocycles. The number of hydrogen-bond donors (Lipinski definition) is 3. The molecule has 0 fully saturated rings. The van der Waals surface area contributed by atoms with Gasteiger partial charge in [-0.15, -0.1) is 11.3 Å². The van der Waals surface area contributed by atoms with Crippen molar-refractivity contribution in [2.45, 2.75) is 38.6 Å². The van der Waals surface area contributed by atoms with Gasteiger partial charge in [-0.25, -0.2) is 4.98 Å². The Bertz CT molecular complexity index is 1100. The first kappa shape index (κ1) is 24.9. The predicted molar refractivity (Wildman–Crippen MR) is 134 cm³/mol. The average molecular weight is 485 g/mol. The molecular formula is C25H29ClN4O2S. The van der Waals surface area contributed by atoms with Gasteiger partial charge in [0.2, 0.25) is 11.8 Å². The highest BCUT2D eigenvalue weighted by Crippen LogP contribution is 2.34. The number of aromatic nitrogens is 1. The zero-order valence-corrected chi connectivity index (χ0v) is 20.4. The van der Waals surface area contributed by atoms with E-state index in [1.807, 2.05) is 61.5 Å². The molecule has 6 nitrogen and oxygen atoms in total. The number of primary amides is 1. The number of hydrogen-bond acceptors (Lipinski definition) is 5. The number of benzene rings is 2. The molecule has 3 aromatic rings. The van der Waals surface area contributed by atoms with E-state index in [0.717, 1.165) is 21.7 Å². The normalized spacial score (nSPS) is 13.8. The Hall–Kier alpha value is -2.74. The molecule has 0 aliphatic carbocycles. The Kier molecular flexibility index (Phi) is 8.24. The fourth-order valence-corrected chi connectivity index (χ4v) is 5.26. The van der Waals surface area contributed by atoms with Gasteiger partial charge in [-0.1, -0.05) is 61.0 Å². The van der Waals surface area contributed by atoms with Crippen LogP contribution in [0.5, 0.6) is 0 Å². The second kappa shape index (κ2) is 10.9. The highest BCUT2D eigenvalue weighted by Gasteiger charge is 2.45. The number of carbonyl (C=O) groups excluding carboxylic acids is 2. The van der Waals surface area contributed by atoms with Gasteiger partial charge in [0.05, 0.1) is 15.6 Å². The number of aryl methyl sites for hydroxylation is 1. The van der Waals surface area contributed by atoms with Crippen molar-refractivity contribution in [3.63, 3.8) is 0 Å². The second-order valence-corrected chi connectivity index (χ2v) is 9.59. The number of carbonyl (C=O) groups is 2. The monoisotopic (exact) mass is 484 g/mol. The van der Waals surface area contributed by atoms with Crippen molar-refractivity contribution in [3.8, 4) is 10.4 Å². The molecule has 3 rings (SSSR count). The van der Waals surface area contributed by atoms with Gasteiger partial charge in [-0.2, -0.15) is 0 Å². The molecule has 1 heterocycles. The first-order chi connectivity index (χ1) is 15.8. The Morgan fingerprint density at radius 1 is 1.15 bits per heavy atom. The summed E-state index contributed by atoms with van der Waals surface area (Å²) in [7, 11) is 0. The van der Waals surface area contributed by atoms with Crippen molar-refractivity contribution in [2.75, 3.05) is 6.54 Å². The quantitative estimate of drug-likeness (QED) is 0.405. The third-order valence-electron chi connectivity index (χ3n) is 5.81. The van der Waals surface area contributed by atoms with E-state index in [4.69, 9.17) is 28.1 Å². The van der Waals surface area contributed by atoms with Crippen LogP contribution in [0.1, 0.15) is 29.6 Å². The van der Waals surface area contributed by atoms with Crippen LogP contribution in [0.2, 0.25) is 5.02 Å². The predicted octanol–water partition coefficient (Wildman–Crippen LogP) is 3.88. The lowest BCUT2D eigenvalue weighted by atomic mass is 9.76. The van der Waals surface area contributed by atoms with Gasteiger partial charge < -0.3 is 16.8 Å². The van der Waals surface area contributed by atoms with Crippen LogP contribution in [0.25, 0.3) is 10.4 Å². The maximum Gasteiger partial charge on any atom is 0.243 e. The van der Waals surface area contributed by atoms with Crippen LogP contribution in [-0.4, -0.2) is 28.9 Å². The van der Waals surface area contributed by atoms with Gasteiger partial charge in [0.1, 0.15) is 5.54 Å². The van der Waals surface area contributed by atoms with Crippen LogP contribution in [0.4, 0.5) is 0 Å². The summed E-state index contributed by atoms with van der Waals surface area (Å²) in [5, 5.41) is 4.29. The third-order valence-corrected chi connectivity index (χ3v) is 7.27. The topological polar surface area (TPSA) is 111 Å². The Labute approximate surface area is 203 Å². The molecule has 0 spiro atoms. The number of nitrogens with zero attached hydrogens (tertiary/aromatic N) is 1. The summed E-state index contributed by atoms with van der Waals surface area (Å²) >= 11 is 7.51. The van der Waals surface area contributed by atoms with Crippen molar-refractivity contribution in [3.05, 3.63) is 75.9 Å². The van der Waals surface area contributed by atoms with Crippen LogP contribution in [-0.2, 0) is 22.4 Å². The number of nitrogens with two attached hydrogens (primary N) is 2. The van der Waals surface area contributed by atoms with Gasteiger partial charge in [-0.3, -0.25) is 9.59 Å². The first-order valence-electron chi connectivity index (χ1n) is 10.9. The van der Waals surface area contributed by atoms with E-state index in [9.17, 15) is 9.59 Å². The van der Waals surface area contributed by atoms with E-state index in [1.54, 1.807) is 6.92 Å². The second-order valence-electron chi connectivity index (χ2n) is 8.07. The smallest absolute Gasteiger partial charge is 0.243 e. The van der Waals surface area contributed by atoms with E-state index in [0.29, 0.717) is 16.5 Å². The largest absolute Gasteiger partial charge is 0.368 e. The summed E-state index contributed by atoms with van der Waals surface area (Å²) in [5.41, 5.74) is 13.6. The number of rotatable bonds is 10. The minimum atomic E-state index is -1.36. The van der Waals surface area contributed by atoms with Crippen LogP contribution < -0.4 is 16.8 Å². The van der Waals surface area contributed by atoms with Crippen molar-refractivity contribution in [1.82, 2.24) is 10.3 Å². The van der Waals surface area contributed by atoms with Crippen LogP contribution >= 0.6 is 22.9 Å². The maximum absolute atomic E-state index is 13.0. The standard InChI is InChI=1S/C25H29ClN4O2S/c1-3-21(31)30-25(24(28)32,19(15-27)13-17-7-5-4-6-8-17)14-22-29-16(2)23(33-22)18-9-11-20(26)12-10-18/h4-12,19H,3,13-15,27H2,1-2H3,(H2,28,32)(H,30,31)/t19-,25?/m0/s1. The first-order valence-corrected chi connectivity index (χ1v) is 12.1. The van der Waals surface area contributed by atoms with Crippen LogP contribution in [0.3, 0.4) is 0 Å². The van der Waals surface area contributed by atoms with Gasteiger partial charge in [0.25, 0.3) is 0 Å². The SMILES string of the molecule is CCC(=O)NC(Cc1nc(C)c(-c2ccc(Cl)cc2)s1)(C(N)=O)[C@H](CN)Cc1ccccc1. The highest BCUT2D eigenvalue weighted by atomic mass is 35.5. The zero-order valence-electron chi connectivity index (χ0n) is 18.8. The molecule has 0 saturated heterocycles. The Balaban J connectivity index is 2.02. The molecule has 2 atom stereocenters. The maximum atomic E-state index is 13.0. The van der Waals surface area contributed by atoms with Crippen LogP contribution in [0.15, 0.2) is 54.6 Å². The summed E-state index contributed by atoms with van der Waals surface area (Å²) in [5.74, 6) is -1.28. The van der Waals surface area contributed by atoms with Crippen molar-refractivity contribution >= 4 is 34.8 Å². The van der Waals surface area contributed by atoms with Crippen molar-refractivity contribution in [1.29, 1.82) is 0 Å². The molecule has 8 heteroatoms. The summed E-state index contributed by atoms with van der Waals surface area (Å²) in [6.45, 7) is 3.84. The lowest BCUT2D eigenvalue weighted by Gasteiger charge is -2.38. The molecule has 0 bridgehead atoms. The average Bonchev–Trinajstić information content (AvgIpc) is 3.17. The lowest BCUT2D eigenvalue weighted by molar-refractivity contribution is -0.133. The molecule has 1 aromatic heterocycles. The van der Waals surface area contributed by atoms with Crippen molar-refractivity contribution < 1.29 is 9.59 Å². The van der Waals surface area contributed by atoms with E-state index < -0.39 is 17.4 Å². The summed E-state index contributed by atoms with van der Waals surface area (Å²) in [6, 6.07) is 17.3. The number of halogens is 1. The number of nitrogens with one attached hydrogen (secondary N) is 1. The number of amides is 2. The van der Waals surface area contributed by atoms with Gasteiger partial charge in [-0.05, 0) is 43.1 Å². The molecular weight excluding hydrogens is 456 g/mol. The Morgan fingerprint density at radius 2 is 1.82 bits per heavy atom. The fourth-order valence-electron chi connectivity index (χ4n) is 3.97. The van der Waals surface area contributed by atoms with Gasteiger partial charge >= 0.3 is 0 Å². The Morgan fingerprint density at radius 3 is 2.39 bits per heavy atom. The molecule has 2 aromatic carbocycles. The molecule has 0 saturated carbocycles. The van der Waals surface area contributed by atoms with E-state index >= 15 is 0 Å². The fraction of sp³-hybridized carbons (Fsp3) is 0.320. The molecule has 33 heavy (non-hydrogen) atoms. The summed E-state index contributed by atoms with van der Waals surface area (Å²) < 4.78 is 0. The van der Waals surface area contributed by atoms with Gasteiger partial charge in [0.15, 0.2) is 0 Å². The van der Waals surface area contributed by atoms with Crippen LogP contribution in [0, 0.1) is 12.8 Å². The van der Waals surface area contributed by atoms with E-state index in [2.05, 4.69) is 5.32 Å². The molecule has 1 unspecified atom stereocenters. The molecule has 0 radical (unpaired) electrons. The third kappa shape index (κ3) is 5.79. The molecule has 174 valence electrons.